The Morgan fingerprint density at radius 1 is 1.50 bits per heavy atom. The maximum Gasteiger partial charge on any atom is 0.118 e. The van der Waals surface area contributed by atoms with Crippen LogP contribution in [0.15, 0.2) is 12.1 Å². The molecule has 1 aromatic carbocycles. The predicted molar refractivity (Wildman–Crippen MR) is 48.1 cm³/mol. The largest absolute Gasteiger partial charge is 0.508 e. The fourth-order valence-electron chi connectivity index (χ4n) is 1.90. The SMILES string of the molecule is Cc1c(O)ccc2c1CC[C@@H]2N. The van der Waals surface area contributed by atoms with Crippen molar-refractivity contribution in [2.45, 2.75) is 25.8 Å². The first-order valence-corrected chi connectivity index (χ1v) is 4.27. The van der Waals surface area contributed by atoms with Crippen LogP contribution in [0.25, 0.3) is 0 Å². The van der Waals surface area contributed by atoms with Crippen LogP contribution in [0.5, 0.6) is 5.75 Å². The van der Waals surface area contributed by atoms with Crippen molar-refractivity contribution in [3.05, 3.63) is 28.8 Å². The van der Waals surface area contributed by atoms with Crippen LogP contribution < -0.4 is 5.73 Å². The molecule has 0 aliphatic heterocycles. The van der Waals surface area contributed by atoms with E-state index in [1.54, 1.807) is 6.07 Å². The van der Waals surface area contributed by atoms with Crippen molar-refractivity contribution in [1.82, 2.24) is 0 Å². The van der Waals surface area contributed by atoms with Gasteiger partial charge in [0.15, 0.2) is 0 Å². The highest BCUT2D eigenvalue weighted by atomic mass is 16.3. The van der Waals surface area contributed by atoms with Crippen molar-refractivity contribution in [1.29, 1.82) is 0 Å². The monoisotopic (exact) mass is 163 g/mol. The summed E-state index contributed by atoms with van der Waals surface area (Å²) in [7, 11) is 0. The molecule has 2 rings (SSSR count). The number of aromatic hydroxyl groups is 1. The molecule has 1 aromatic rings. The van der Waals surface area contributed by atoms with E-state index in [2.05, 4.69) is 0 Å². The third-order valence-corrected chi connectivity index (χ3v) is 2.71. The zero-order valence-electron chi connectivity index (χ0n) is 7.17. The molecule has 0 saturated carbocycles. The van der Waals surface area contributed by atoms with Crippen molar-refractivity contribution >= 4 is 0 Å². The van der Waals surface area contributed by atoms with Crippen LogP contribution >= 0.6 is 0 Å². The van der Waals surface area contributed by atoms with E-state index in [0.717, 1.165) is 18.4 Å². The smallest absolute Gasteiger partial charge is 0.118 e. The average Bonchev–Trinajstić information content (AvgIpc) is 2.41. The van der Waals surface area contributed by atoms with Gasteiger partial charge in [0, 0.05) is 6.04 Å². The van der Waals surface area contributed by atoms with Crippen molar-refractivity contribution in [3.8, 4) is 5.75 Å². The summed E-state index contributed by atoms with van der Waals surface area (Å²) in [5.41, 5.74) is 9.35. The summed E-state index contributed by atoms with van der Waals surface area (Å²) in [5.74, 6) is 0.392. The molecular formula is C10H13NO. The molecule has 1 atom stereocenters. The molecule has 0 heterocycles. The number of hydrogen-bond acceptors (Lipinski definition) is 2. The van der Waals surface area contributed by atoms with Gasteiger partial charge in [-0.3, -0.25) is 0 Å². The van der Waals surface area contributed by atoms with Crippen LogP contribution in [0.4, 0.5) is 0 Å². The standard InChI is InChI=1S/C10H13NO/c1-6-7-2-4-9(11)8(7)3-5-10(6)12/h3,5,9,12H,2,4,11H2,1H3/t9-/m0/s1. The number of fused-ring (bicyclic) bond motifs is 1. The Bertz CT molecular complexity index is 320. The van der Waals surface area contributed by atoms with Crippen LogP contribution in [0.1, 0.15) is 29.2 Å². The fourth-order valence-corrected chi connectivity index (χ4v) is 1.90. The predicted octanol–water partition coefficient (Wildman–Crippen LogP) is 1.65. The van der Waals surface area contributed by atoms with Gasteiger partial charge in [-0.25, -0.2) is 0 Å². The number of nitrogens with two attached hydrogens (primary N) is 1. The first kappa shape index (κ1) is 7.62. The summed E-state index contributed by atoms with van der Waals surface area (Å²) in [6.07, 6.45) is 2.02. The molecule has 0 aromatic heterocycles. The molecule has 0 amide bonds. The summed E-state index contributed by atoms with van der Waals surface area (Å²) < 4.78 is 0. The van der Waals surface area contributed by atoms with Crippen LogP contribution in [0, 0.1) is 6.92 Å². The third kappa shape index (κ3) is 0.916. The Hall–Kier alpha value is -1.02. The fraction of sp³-hybridized carbons (Fsp3) is 0.400. The molecule has 0 bridgehead atoms. The quantitative estimate of drug-likeness (QED) is 0.610. The van der Waals surface area contributed by atoms with Crippen LogP contribution in [-0.4, -0.2) is 5.11 Å². The van der Waals surface area contributed by atoms with Crippen molar-refractivity contribution in [3.63, 3.8) is 0 Å². The van der Waals surface area contributed by atoms with Crippen molar-refractivity contribution < 1.29 is 5.11 Å². The van der Waals surface area contributed by atoms with Gasteiger partial charge in [-0.15, -0.1) is 0 Å². The molecule has 64 valence electrons. The minimum atomic E-state index is 0.180. The Labute approximate surface area is 72.0 Å². The van der Waals surface area contributed by atoms with Gasteiger partial charge in [-0.1, -0.05) is 6.07 Å². The molecule has 0 saturated heterocycles. The first-order chi connectivity index (χ1) is 5.70. The number of benzene rings is 1. The molecular weight excluding hydrogens is 150 g/mol. The Morgan fingerprint density at radius 2 is 2.25 bits per heavy atom. The van der Waals surface area contributed by atoms with Crippen molar-refractivity contribution in [2.24, 2.45) is 5.73 Å². The average molecular weight is 163 g/mol. The number of rotatable bonds is 0. The Balaban J connectivity index is 2.60. The summed E-state index contributed by atoms with van der Waals surface area (Å²) >= 11 is 0. The highest BCUT2D eigenvalue weighted by Crippen LogP contribution is 2.34. The van der Waals surface area contributed by atoms with E-state index in [0.29, 0.717) is 5.75 Å². The van der Waals surface area contributed by atoms with Gasteiger partial charge in [0.2, 0.25) is 0 Å². The molecule has 0 unspecified atom stereocenters. The molecule has 0 spiro atoms. The maximum absolute atomic E-state index is 9.43. The lowest BCUT2D eigenvalue weighted by molar-refractivity contribution is 0.470. The van der Waals surface area contributed by atoms with Gasteiger partial charge < -0.3 is 10.8 Å². The van der Waals surface area contributed by atoms with Gasteiger partial charge in [0.25, 0.3) is 0 Å². The molecule has 12 heavy (non-hydrogen) atoms. The van der Waals surface area contributed by atoms with E-state index in [-0.39, 0.29) is 6.04 Å². The van der Waals surface area contributed by atoms with Gasteiger partial charge in [-0.05, 0) is 42.5 Å². The zero-order valence-corrected chi connectivity index (χ0v) is 7.17. The molecule has 2 heteroatoms. The molecule has 0 fully saturated rings. The Kier molecular flexibility index (Phi) is 1.58. The third-order valence-electron chi connectivity index (χ3n) is 2.71. The normalized spacial score (nSPS) is 21.0. The topological polar surface area (TPSA) is 46.2 Å². The van der Waals surface area contributed by atoms with Crippen molar-refractivity contribution in [2.75, 3.05) is 0 Å². The van der Waals surface area contributed by atoms with Crippen LogP contribution in [0.3, 0.4) is 0 Å². The van der Waals surface area contributed by atoms with E-state index in [1.807, 2.05) is 13.0 Å². The van der Waals surface area contributed by atoms with Gasteiger partial charge in [0.05, 0.1) is 0 Å². The zero-order chi connectivity index (χ0) is 8.72. The van der Waals surface area contributed by atoms with Crippen LogP contribution in [-0.2, 0) is 6.42 Å². The van der Waals surface area contributed by atoms with E-state index in [9.17, 15) is 5.11 Å². The lowest BCUT2D eigenvalue weighted by Crippen LogP contribution is -2.04. The first-order valence-electron chi connectivity index (χ1n) is 4.27. The maximum atomic E-state index is 9.43. The number of phenols is 1. The summed E-state index contributed by atoms with van der Waals surface area (Å²) in [4.78, 5) is 0. The minimum Gasteiger partial charge on any atom is -0.508 e. The van der Waals surface area contributed by atoms with Gasteiger partial charge >= 0.3 is 0 Å². The van der Waals surface area contributed by atoms with Gasteiger partial charge in [-0.2, -0.15) is 0 Å². The second kappa shape index (κ2) is 2.49. The lowest BCUT2D eigenvalue weighted by atomic mass is 10.0. The molecule has 3 N–H and O–H groups in total. The van der Waals surface area contributed by atoms with E-state index in [1.165, 1.54) is 11.1 Å². The number of phenolic OH excluding ortho intramolecular Hbond substituents is 1. The second-order valence-corrected chi connectivity index (χ2v) is 3.42. The number of hydrogen-bond donors (Lipinski definition) is 2. The summed E-state index contributed by atoms with van der Waals surface area (Å²) in [6, 6.07) is 3.86. The van der Waals surface area contributed by atoms with Crippen LogP contribution in [0.2, 0.25) is 0 Å². The van der Waals surface area contributed by atoms with Gasteiger partial charge in [0.1, 0.15) is 5.75 Å². The molecule has 0 radical (unpaired) electrons. The molecule has 1 aliphatic carbocycles. The lowest BCUT2D eigenvalue weighted by Gasteiger charge is -2.07. The summed E-state index contributed by atoms with van der Waals surface area (Å²) in [5, 5.41) is 9.43. The highest BCUT2D eigenvalue weighted by molar-refractivity contribution is 5.47. The molecule has 1 aliphatic rings. The second-order valence-electron chi connectivity index (χ2n) is 3.42. The van der Waals surface area contributed by atoms with E-state index in [4.69, 9.17) is 5.73 Å². The molecule has 2 nitrogen and oxygen atoms in total. The highest BCUT2D eigenvalue weighted by Gasteiger charge is 2.21. The Morgan fingerprint density at radius 3 is 3.00 bits per heavy atom. The van der Waals surface area contributed by atoms with E-state index < -0.39 is 0 Å². The summed E-state index contributed by atoms with van der Waals surface area (Å²) in [6.45, 7) is 1.95. The van der Waals surface area contributed by atoms with E-state index >= 15 is 0 Å². The minimum absolute atomic E-state index is 0.180.